The molecule has 10 rings (SSSR count). The molecule has 8 aromatic rings. The fraction of sp³-hybridized carbons (Fsp3) is 0.417. The average Bonchev–Trinajstić information content (AvgIpc) is 4.04. The molecule has 2 fully saturated rings. The molecule has 0 spiro atoms. The van der Waals surface area contributed by atoms with Crippen molar-refractivity contribution in [1.82, 2.24) is 68.3 Å². The Morgan fingerprint density at radius 3 is 1.74 bits per heavy atom. The van der Waals surface area contributed by atoms with E-state index in [1.165, 1.54) is 21.1 Å². The summed E-state index contributed by atoms with van der Waals surface area (Å²) >= 11 is 12.3. The molecule has 2 amide bonds. The van der Waals surface area contributed by atoms with Crippen LogP contribution in [0.2, 0.25) is 35.7 Å². The van der Waals surface area contributed by atoms with Gasteiger partial charge in [0.1, 0.15) is 40.5 Å². The number of rotatable bonds is 15. The third-order valence-electron chi connectivity index (χ3n) is 13.6. The number of H-pyrrole nitrogens is 1. The average molecular weight is 1110 g/mol. The number of nitrogens with zero attached hydrogens (tertiary/aromatic N) is 11. The largest absolute Gasteiger partial charge is 0.361 e. The molecule has 6 aromatic heterocycles. The summed E-state index contributed by atoms with van der Waals surface area (Å²) in [7, 11) is -4.02. The summed E-state index contributed by atoms with van der Waals surface area (Å²) < 4.78 is 60.8. The van der Waals surface area contributed by atoms with Crippen molar-refractivity contribution < 1.29 is 31.2 Å². The van der Waals surface area contributed by atoms with Gasteiger partial charge in [-0.25, -0.2) is 45.4 Å². The van der Waals surface area contributed by atoms with Gasteiger partial charge in [-0.05, 0) is 56.3 Å². The minimum absolute atomic E-state index is 0.0280. The first-order valence-corrected chi connectivity index (χ1v) is 32.0. The van der Waals surface area contributed by atoms with Crippen LogP contribution in [-0.4, -0.2) is 152 Å². The molecule has 3 N–H and O–H groups in total. The van der Waals surface area contributed by atoms with E-state index in [1.54, 1.807) is 50.9 Å². The number of hydrogen-bond donors (Lipinski definition) is 3. The third-order valence-corrected chi connectivity index (χ3v) is 18.2. The van der Waals surface area contributed by atoms with Gasteiger partial charge in [0.2, 0.25) is 20.0 Å². The van der Waals surface area contributed by atoms with E-state index < -0.39 is 28.1 Å². The molecule has 2 aliphatic rings. The maximum Gasteiger partial charge on any atom is 0.255 e. The standard InChI is InChI=1S/C27H36ClN7O4SSi.C21H22ClN7O3S/c1-17(18-13-35(14-18)40(3,37)38)30-27(36)21-15-34(16-39-9-10-41(4,5)6)26-25(21)31-22(12-29-26)24-20-8-7-19(28)11-23(20)33(2)32-24;1-11(12-9-29(10-12)33(3,31)32)25-21(30)15-7-23-20-19(15)26-16(8-24-20)18-14-5-4-13(22)6-17(14)28(2)27-18/h7-8,11-12,15,17-18H,9-10,13-14,16H2,1-6H3,(H,30,36);4-8,11-12H,9-10H2,1-3H3,(H,23,24)(H,25,30). The lowest BCUT2D eigenvalue weighted by Crippen LogP contribution is -2.57. The van der Waals surface area contributed by atoms with E-state index in [4.69, 9.17) is 42.9 Å². The summed E-state index contributed by atoms with van der Waals surface area (Å²) in [5.41, 5.74) is 6.75. The third kappa shape index (κ3) is 11.1. The lowest BCUT2D eigenvalue weighted by molar-refractivity contribution is 0.0867. The van der Waals surface area contributed by atoms with Crippen molar-refractivity contribution >= 4 is 107 Å². The first-order valence-electron chi connectivity index (χ1n) is 23.9. The van der Waals surface area contributed by atoms with Crippen LogP contribution in [0, 0.1) is 11.8 Å². The zero-order valence-corrected chi connectivity index (χ0v) is 46.5. The quantitative estimate of drug-likeness (QED) is 0.0773. The van der Waals surface area contributed by atoms with E-state index in [2.05, 4.69) is 50.4 Å². The first-order chi connectivity index (χ1) is 34.8. The number of nitrogens with one attached hydrogen (secondary N) is 3. The molecule has 2 aromatic carbocycles. The van der Waals surface area contributed by atoms with Crippen LogP contribution in [0.25, 0.3) is 66.9 Å². The highest BCUT2D eigenvalue weighted by molar-refractivity contribution is 7.88. The second kappa shape index (κ2) is 20.3. The zero-order chi connectivity index (χ0) is 53.2. The minimum atomic E-state index is -3.23. The second-order valence-corrected chi connectivity index (χ2v) is 30.9. The van der Waals surface area contributed by atoms with Crippen LogP contribution in [-0.2, 0) is 45.6 Å². The molecule has 0 aliphatic carbocycles. The van der Waals surface area contributed by atoms with E-state index >= 15 is 0 Å². The molecule has 2 atom stereocenters. The van der Waals surface area contributed by atoms with Gasteiger partial charge in [0.05, 0.1) is 47.1 Å². The molecule has 2 aliphatic heterocycles. The van der Waals surface area contributed by atoms with Gasteiger partial charge >= 0.3 is 0 Å². The zero-order valence-electron chi connectivity index (χ0n) is 42.4. The van der Waals surface area contributed by atoms with Gasteiger partial charge < -0.3 is 24.9 Å². The summed E-state index contributed by atoms with van der Waals surface area (Å²) in [5.74, 6) is -0.511. The number of fused-ring (bicyclic) bond motifs is 4. The Morgan fingerprint density at radius 2 is 1.24 bits per heavy atom. The monoisotopic (exact) mass is 1100 g/mol. The topological polar surface area (TPSA) is 250 Å². The Morgan fingerprint density at radius 1 is 0.757 bits per heavy atom. The Hall–Kier alpha value is -5.86. The SMILES string of the molecule is CC(NC(=O)c1c[nH]c2ncc(-c3nn(C)c4cc(Cl)ccc34)nc12)C1CN(S(C)(=O)=O)C1.CC(NC(=O)c1cn(COCC[Si](C)(C)C)c2ncc(-c3nn(C)c4cc(Cl)ccc34)nc12)C1CN(S(C)(=O)=O)C1. The number of ether oxygens (including phenoxy) is 1. The van der Waals surface area contributed by atoms with Crippen molar-refractivity contribution in [2.45, 2.75) is 58.3 Å². The summed E-state index contributed by atoms with van der Waals surface area (Å²) in [4.78, 5) is 48.3. The summed E-state index contributed by atoms with van der Waals surface area (Å²) in [6.45, 7) is 13.1. The predicted molar refractivity (Wildman–Crippen MR) is 289 cm³/mol. The van der Waals surface area contributed by atoms with E-state index in [9.17, 15) is 26.4 Å². The van der Waals surface area contributed by atoms with Crippen molar-refractivity contribution in [3.05, 3.63) is 82.4 Å². The predicted octanol–water partition coefficient (Wildman–Crippen LogP) is 6.14. The number of benzene rings is 2. The first kappa shape index (κ1) is 53.0. The van der Waals surface area contributed by atoms with Crippen LogP contribution >= 0.6 is 23.2 Å². The van der Waals surface area contributed by atoms with Crippen LogP contribution < -0.4 is 10.6 Å². The molecule has 74 heavy (non-hydrogen) atoms. The Labute approximate surface area is 439 Å². The van der Waals surface area contributed by atoms with Gasteiger partial charge in [0.25, 0.3) is 11.8 Å². The molecule has 0 radical (unpaired) electrons. The Bertz CT molecular complexity index is 3710. The van der Waals surface area contributed by atoms with Crippen molar-refractivity contribution in [1.29, 1.82) is 0 Å². The number of amides is 2. The van der Waals surface area contributed by atoms with Gasteiger partial charge in [-0.3, -0.25) is 19.0 Å². The number of hydrogen-bond acceptors (Lipinski definition) is 13. The molecule has 0 saturated carbocycles. The highest BCUT2D eigenvalue weighted by Gasteiger charge is 2.38. The fourth-order valence-corrected chi connectivity index (χ4v) is 11.8. The smallest absolute Gasteiger partial charge is 0.255 e. The molecule has 2 saturated heterocycles. The van der Waals surface area contributed by atoms with E-state index in [0.717, 1.165) is 27.8 Å². The molecule has 392 valence electrons. The van der Waals surface area contributed by atoms with Crippen molar-refractivity contribution in [2.24, 2.45) is 25.9 Å². The van der Waals surface area contributed by atoms with E-state index in [-0.39, 0.29) is 42.5 Å². The number of halogens is 2. The highest BCUT2D eigenvalue weighted by Crippen LogP contribution is 2.32. The summed E-state index contributed by atoms with van der Waals surface area (Å²) in [6.07, 6.45) is 8.97. The van der Waals surface area contributed by atoms with Crippen molar-refractivity contribution in [3.8, 4) is 22.8 Å². The van der Waals surface area contributed by atoms with Gasteiger partial charge in [-0.1, -0.05) is 42.8 Å². The summed E-state index contributed by atoms with van der Waals surface area (Å²) in [6, 6.07) is 11.7. The van der Waals surface area contributed by atoms with Crippen LogP contribution in [0.3, 0.4) is 0 Å². The Kier molecular flexibility index (Phi) is 14.6. The number of sulfonamides is 2. The molecule has 0 bridgehead atoms. The summed E-state index contributed by atoms with van der Waals surface area (Å²) in [5, 5.41) is 18.2. The lowest BCUT2D eigenvalue weighted by Gasteiger charge is -2.40. The van der Waals surface area contributed by atoms with Crippen molar-refractivity contribution in [3.63, 3.8) is 0 Å². The number of carbonyl (C=O) groups is 2. The second-order valence-electron chi connectivity index (χ2n) is 20.4. The fourth-order valence-electron chi connectivity index (χ4n) is 8.91. The number of aromatic nitrogens is 10. The van der Waals surface area contributed by atoms with Crippen LogP contribution in [0.5, 0.6) is 0 Å². The van der Waals surface area contributed by atoms with Crippen LogP contribution in [0.1, 0.15) is 34.6 Å². The lowest BCUT2D eigenvalue weighted by atomic mass is 9.95. The van der Waals surface area contributed by atoms with Gasteiger partial charge in [-0.2, -0.15) is 10.2 Å². The van der Waals surface area contributed by atoms with Crippen molar-refractivity contribution in [2.75, 3.05) is 45.3 Å². The number of aryl methyl sites for hydroxylation is 2. The van der Waals surface area contributed by atoms with Crippen LogP contribution in [0.4, 0.5) is 0 Å². The maximum atomic E-state index is 13.6. The molecule has 26 heteroatoms. The van der Waals surface area contributed by atoms with E-state index in [1.807, 2.05) is 52.2 Å². The molecular formula is C48H58Cl2N14O7S2Si. The molecule has 21 nitrogen and oxygen atoms in total. The maximum absolute atomic E-state index is 13.6. The molecule has 2 unspecified atom stereocenters. The number of carbonyl (C=O) groups excluding carboxylic acids is 2. The highest BCUT2D eigenvalue weighted by atomic mass is 35.5. The van der Waals surface area contributed by atoms with Crippen LogP contribution in [0.15, 0.2) is 61.2 Å². The molecule has 8 heterocycles. The minimum Gasteiger partial charge on any atom is -0.361 e. The van der Waals surface area contributed by atoms with Gasteiger partial charge in [-0.15, -0.1) is 0 Å². The van der Waals surface area contributed by atoms with E-state index in [0.29, 0.717) is 99.1 Å². The van der Waals surface area contributed by atoms with Gasteiger partial charge in [0.15, 0.2) is 11.3 Å². The number of aromatic amines is 1. The van der Waals surface area contributed by atoms with Gasteiger partial charge in [0, 0.05) is 112 Å². The Balaban J connectivity index is 0.000000186. The normalized spacial score (nSPS) is 16.0. The molecular weight excluding hydrogens is 1050 g/mol.